The lowest BCUT2D eigenvalue weighted by Crippen LogP contribution is -2.36. The van der Waals surface area contributed by atoms with Gasteiger partial charge in [0.1, 0.15) is 27.1 Å². The Kier molecular flexibility index (Phi) is 13.8. The summed E-state index contributed by atoms with van der Waals surface area (Å²) in [6, 6.07) is 22.1. The summed E-state index contributed by atoms with van der Waals surface area (Å²) in [6.07, 6.45) is -6.68. The average Bonchev–Trinajstić information content (AvgIpc) is 3.07. The van der Waals surface area contributed by atoms with Crippen LogP contribution in [0.5, 0.6) is 17.2 Å². The van der Waals surface area contributed by atoms with Gasteiger partial charge in [0.2, 0.25) is 0 Å². The first-order valence-corrected chi connectivity index (χ1v) is 19.0. The van der Waals surface area contributed by atoms with Crippen molar-refractivity contribution in [3.63, 3.8) is 0 Å². The van der Waals surface area contributed by atoms with E-state index in [0.29, 0.717) is 25.2 Å². The Morgan fingerprint density at radius 2 is 1.34 bits per heavy atom. The van der Waals surface area contributed by atoms with Crippen LogP contribution in [0.4, 0.5) is 22.0 Å². The van der Waals surface area contributed by atoms with Gasteiger partial charge in [-0.05, 0) is 78.8 Å². The maximum Gasteiger partial charge on any atom is 0.453 e. The van der Waals surface area contributed by atoms with Gasteiger partial charge in [0, 0.05) is 42.6 Å². The van der Waals surface area contributed by atoms with E-state index in [1.54, 1.807) is 26.0 Å². The summed E-state index contributed by atoms with van der Waals surface area (Å²) in [7, 11) is -0.583. The number of hydrogen-bond acceptors (Lipinski definition) is 8. The Morgan fingerprint density at radius 1 is 0.760 bits per heavy atom. The largest absolute Gasteiger partial charge is 0.494 e. The maximum absolute atomic E-state index is 13.1. The number of rotatable bonds is 19. The minimum absolute atomic E-state index is 0.00309. The number of fused-ring (bicyclic) bond motifs is 1. The lowest BCUT2D eigenvalue weighted by atomic mass is 9.67. The molecular formula is C36H43F5O7S2. The second-order valence-corrected chi connectivity index (χ2v) is 15.7. The van der Waals surface area contributed by atoms with E-state index in [2.05, 4.69) is 37.3 Å². The van der Waals surface area contributed by atoms with Crippen LogP contribution < -0.4 is 14.2 Å². The zero-order valence-electron chi connectivity index (χ0n) is 28.3. The number of benzene rings is 3. The minimum atomic E-state index is -5.68. The Labute approximate surface area is 294 Å². The predicted octanol–water partition coefficient (Wildman–Crippen LogP) is 8.79. The van der Waals surface area contributed by atoms with E-state index in [1.165, 1.54) is 5.56 Å². The van der Waals surface area contributed by atoms with Crippen molar-refractivity contribution >= 4 is 21.6 Å². The highest BCUT2D eigenvalue weighted by molar-refractivity contribution is 7.99. The molecule has 2 unspecified atom stereocenters. The van der Waals surface area contributed by atoms with Gasteiger partial charge in [-0.15, -0.1) is 11.8 Å². The fourth-order valence-electron chi connectivity index (χ4n) is 5.91. The van der Waals surface area contributed by atoms with E-state index in [-0.39, 0.29) is 37.1 Å². The van der Waals surface area contributed by atoms with Crippen LogP contribution in [0.25, 0.3) is 0 Å². The molecule has 0 spiro atoms. The minimum Gasteiger partial charge on any atom is -0.494 e. The third kappa shape index (κ3) is 10.5. The fraction of sp³-hybridized carbons (Fsp3) is 0.500. The first-order chi connectivity index (χ1) is 23.7. The van der Waals surface area contributed by atoms with Gasteiger partial charge in [-0.2, -0.15) is 22.0 Å². The Morgan fingerprint density at radius 3 is 1.98 bits per heavy atom. The second kappa shape index (κ2) is 17.4. The molecule has 0 bridgehead atoms. The SMILES string of the molecule is COCOc1ccc(C2(C)CSc3cc(OCOC)ccc3C2c2ccc(OCCCCCS(=O)(=O)CCCC(F)(F)C(F)(F)F)cc2)cc1. The molecule has 276 valence electrons. The molecule has 1 aliphatic heterocycles. The summed E-state index contributed by atoms with van der Waals surface area (Å²) in [4.78, 5) is 1.13. The molecule has 7 nitrogen and oxygen atoms in total. The van der Waals surface area contributed by atoms with E-state index in [1.807, 2.05) is 36.4 Å². The van der Waals surface area contributed by atoms with Crippen LogP contribution in [0.1, 0.15) is 61.6 Å². The number of unbranched alkanes of at least 4 members (excludes halogenated alkanes) is 2. The normalized spacial score (nSPS) is 18.0. The summed E-state index contributed by atoms with van der Waals surface area (Å²) in [5.41, 5.74) is 3.15. The highest BCUT2D eigenvalue weighted by Gasteiger charge is 2.56. The standard InChI is InChI=1S/C36H43F5O7S2/c1-34(27-10-14-29(15-11-27)47-24-44-2)23-49-32-22-30(48-25-45-3)16-17-31(32)33(34)26-8-12-28(13-9-26)46-19-5-4-6-20-50(42,43)21-7-18-35(37,38)36(39,40)41/h8-17,22,33H,4-7,18-21,23-25H2,1-3H3. The van der Waals surface area contributed by atoms with Gasteiger partial charge in [0.15, 0.2) is 13.6 Å². The quantitative estimate of drug-likeness (QED) is 0.0685. The van der Waals surface area contributed by atoms with Gasteiger partial charge in [-0.3, -0.25) is 0 Å². The summed E-state index contributed by atoms with van der Waals surface area (Å²) < 4.78 is 115. The maximum atomic E-state index is 13.1. The fourth-order valence-corrected chi connectivity index (χ4v) is 8.68. The van der Waals surface area contributed by atoms with Crippen LogP contribution in [0.15, 0.2) is 71.6 Å². The lowest BCUT2D eigenvalue weighted by molar-refractivity contribution is -0.284. The smallest absolute Gasteiger partial charge is 0.453 e. The van der Waals surface area contributed by atoms with Crippen LogP contribution >= 0.6 is 11.8 Å². The van der Waals surface area contributed by atoms with Crippen LogP contribution in [-0.2, 0) is 24.7 Å². The molecule has 3 aromatic rings. The highest BCUT2D eigenvalue weighted by Crippen LogP contribution is 2.53. The number of alkyl halides is 5. The molecule has 0 N–H and O–H groups in total. The van der Waals surface area contributed by atoms with Crippen molar-refractivity contribution < 1.29 is 54.1 Å². The van der Waals surface area contributed by atoms with E-state index in [0.717, 1.165) is 33.3 Å². The average molecular weight is 747 g/mol. The zero-order valence-corrected chi connectivity index (χ0v) is 29.9. The van der Waals surface area contributed by atoms with Gasteiger partial charge in [-0.25, -0.2) is 8.42 Å². The summed E-state index contributed by atoms with van der Waals surface area (Å²) >= 11 is 1.78. The van der Waals surface area contributed by atoms with Crippen LogP contribution in [0.2, 0.25) is 0 Å². The van der Waals surface area contributed by atoms with E-state index >= 15 is 0 Å². The Balaban J connectivity index is 1.38. The van der Waals surface area contributed by atoms with Gasteiger partial charge in [-0.1, -0.05) is 37.3 Å². The molecule has 3 aromatic carbocycles. The predicted molar refractivity (Wildman–Crippen MR) is 182 cm³/mol. The van der Waals surface area contributed by atoms with Crippen molar-refractivity contribution in [2.45, 2.75) is 67.4 Å². The van der Waals surface area contributed by atoms with Crippen LogP contribution in [0, 0.1) is 0 Å². The monoisotopic (exact) mass is 746 g/mol. The molecule has 0 aromatic heterocycles. The molecule has 0 aliphatic carbocycles. The van der Waals surface area contributed by atoms with Crippen molar-refractivity contribution in [2.75, 3.05) is 51.7 Å². The molecule has 0 saturated heterocycles. The molecule has 14 heteroatoms. The molecule has 1 heterocycles. The third-order valence-electron chi connectivity index (χ3n) is 8.60. The van der Waals surface area contributed by atoms with Crippen molar-refractivity contribution in [1.29, 1.82) is 0 Å². The number of ether oxygens (including phenoxy) is 5. The lowest BCUT2D eigenvalue weighted by Gasteiger charge is -2.43. The van der Waals surface area contributed by atoms with Crippen LogP contribution in [0.3, 0.4) is 0 Å². The van der Waals surface area contributed by atoms with Crippen molar-refractivity contribution in [1.82, 2.24) is 0 Å². The first kappa shape index (κ1) is 39.7. The Bertz CT molecular complexity index is 1620. The molecule has 50 heavy (non-hydrogen) atoms. The van der Waals surface area contributed by atoms with Gasteiger partial charge in [0.05, 0.1) is 18.1 Å². The van der Waals surface area contributed by atoms with E-state index in [9.17, 15) is 30.4 Å². The molecule has 0 amide bonds. The molecule has 1 aliphatic rings. The van der Waals surface area contributed by atoms with Gasteiger partial charge >= 0.3 is 12.1 Å². The van der Waals surface area contributed by atoms with E-state index in [4.69, 9.17) is 23.7 Å². The molecule has 0 fully saturated rings. The summed E-state index contributed by atoms with van der Waals surface area (Å²) in [5, 5.41) is 0. The molecule has 0 saturated carbocycles. The molecule has 2 atom stereocenters. The number of hydrogen-bond donors (Lipinski definition) is 0. The first-order valence-electron chi connectivity index (χ1n) is 16.2. The summed E-state index contributed by atoms with van der Waals surface area (Å²) in [6.45, 7) is 2.91. The van der Waals surface area contributed by atoms with Gasteiger partial charge < -0.3 is 23.7 Å². The van der Waals surface area contributed by atoms with Crippen LogP contribution in [-0.4, -0.2) is 72.2 Å². The second-order valence-electron chi connectivity index (χ2n) is 12.4. The number of sulfone groups is 1. The Hall–Kier alpha value is -3.07. The van der Waals surface area contributed by atoms with Crippen molar-refractivity contribution in [3.05, 3.63) is 83.4 Å². The van der Waals surface area contributed by atoms with Crippen molar-refractivity contribution in [2.24, 2.45) is 0 Å². The number of thioether (sulfide) groups is 1. The molecular weight excluding hydrogens is 704 g/mol. The van der Waals surface area contributed by atoms with Crippen molar-refractivity contribution in [3.8, 4) is 17.2 Å². The highest BCUT2D eigenvalue weighted by atomic mass is 32.2. The third-order valence-corrected chi connectivity index (χ3v) is 11.8. The molecule has 4 rings (SSSR count). The zero-order chi connectivity index (χ0) is 36.4. The number of halogens is 5. The topological polar surface area (TPSA) is 80.3 Å². The summed E-state index contributed by atoms with van der Waals surface area (Å²) in [5.74, 6) is -2.97. The van der Waals surface area contributed by atoms with Gasteiger partial charge in [0.25, 0.3) is 0 Å². The van der Waals surface area contributed by atoms with E-state index < -0.39 is 40.5 Å². The number of methoxy groups -OCH3 is 2. The molecule has 0 radical (unpaired) electrons.